The zero-order valence-corrected chi connectivity index (χ0v) is 61.0. The molecule has 602 valence electrons. The van der Waals surface area contributed by atoms with E-state index in [1.165, 1.54) is 27.7 Å². The van der Waals surface area contributed by atoms with E-state index in [-0.39, 0.29) is 173 Å². The van der Waals surface area contributed by atoms with Crippen molar-refractivity contribution in [1.29, 1.82) is 0 Å². The van der Waals surface area contributed by atoms with Crippen molar-refractivity contribution in [1.82, 2.24) is 53.2 Å². The Labute approximate surface area is 607 Å². The number of aliphatic hydroxyl groups is 9. The summed E-state index contributed by atoms with van der Waals surface area (Å²) in [6, 6.07) is -3.16. The third kappa shape index (κ3) is 40.1. The van der Waals surface area contributed by atoms with E-state index in [0.717, 1.165) is 0 Å². The van der Waals surface area contributed by atoms with Crippen molar-refractivity contribution in [2.24, 2.45) is 5.92 Å². The largest absolute Gasteiger partial charge is 0.394 e. The number of aliphatic hydroxyl groups excluding tert-OH is 9. The minimum Gasteiger partial charge on any atom is -0.394 e. The summed E-state index contributed by atoms with van der Waals surface area (Å²) in [5, 5.41) is 117. The summed E-state index contributed by atoms with van der Waals surface area (Å²) < 4.78 is 51.8. The third-order valence-corrected chi connectivity index (χ3v) is 16.1. The second-order valence-electron chi connectivity index (χ2n) is 25.8. The Morgan fingerprint density at radius 2 is 0.798 bits per heavy atom. The standard InChI is InChI=1S/C66H120N10O28/c1-41(2)62(95)76-66(38-96-31-19-53(88)70-25-13-22-67-50(85)16-7-10-28-99-63(46(34-77)73-43(4)82)102-47(35-78)42(3)81,39-97-32-20-54(89)71-26-14-23-68-51(86)17-8-11-29-100-64-56(74-44(5)83)60(93)58(91)48(36-79)103-64)40-98-33-21-55(90)72-27-15-24-69-52(87)18-9-12-30-101-65-57(75-45(6)84)61(94)59(92)49(37-80)104-65/h41-42,46-49,56-61,63-65,77-81,91-94H,7-40H2,1-6H3,(H,67,85)(H,68,86)(H,69,87)(H,70,88)(H,71,89)(H,72,90)(H,73,82)(H,74,83)(H,75,84)(H,76,95)/t42-,46+,47?,48?,49?,56?,57?,58?,59?,60?,61?,63?,64?,65?,66?/m1/s1. The van der Waals surface area contributed by atoms with E-state index in [4.69, 9.17) is 42.6 Å². The average Bonchev–Trinajstić information content (AvgIpc) is 0.816. The van der Waals surface area contributed by atoms with Crippen LogP contribution >= 0.6 is 0 Å². The smallest absolute Gasteiger partial charge is 0.223 e. The number of carbonyl (C=O) groups is 10. The summed E-state index contributed by atoms with van der Waals surface area (Å²) in [4.78, 5) is 125. The predicted molar refractivity (Wildman–Crippen MR) is 366 cm³/mol. The van der Waals surface area contributed by atoms with Gasteiger partial charge in [-0.2, -0.15) is 0 Å². The van der Waals surface area contributed by atoms with Gasteiger partial charge in [0.1, 0.15) is 66.4 Å². The molecule has 38 nitrogen and oxygen atoms in total. The average molecular weight is 1500 g/mol. The Morgan fingerprint density at radius 3 is 1.11 bits per heavy atom. The van der Waals surface area contributed by atoms with Gasteiger partial charge < -0.3 is 142 Å². The van der Waals surface area contributed by atoms with Crippen molar-refractivity contribution in [2.75, 3.05) is 125 Å². The number of nitrogens with one attached hydrogen (secondary N) is 10. The molecule has 2 fully saturated rings. The first kappa shape index (κ1) is 94.1. The number of amides is 10. The van der Waals surface area contributed by atoms with Crippen LogP contribution in [0.1, 0.15) is 138 Å². The lowest BCUT2D eigenvalue weighted by Gasteiger charge is -2.42. The third-order valence-electron chi connectivity index (χ3n) is 16.1. The van der Waals surface area contributed by atoms with Gasteiger partial charge in [0.25, 0.3) is 0 Å². The fourth-order valence-corrected chi connectivity index (χ4v) is 10.3. The van der Waals surface area contributed by atoms with Crippen LogP contribution in [-0.4, -0.2) is 322 Å². The quantitative estimate of drug-likeness (QED) is 0.0199. The van der Waals surface area contributed by atoms with Crippen LogP contribution in [0.4, 0.5) is 0 Å². The SMILES string of the molecule is CC(=O)NC1C(OCCCCC(=O)NCCCNC(=O)CCOCC(COCCC(=O)NCCCNC(=O)CCCCOC2OC(CO)C(O)C(O)C2NC(C)=O)(COCCC(=O)NCCCNC(=O)CCCCOC(OC(CO)[C@@H](C)O)[C@H](CO)NC(C)=O)NC(=O)C(C)C)OC(CO)C(O)C1O. The van der Waals surface area contributed by atoms with Crippen LogP contribution in [0.25, 0.3) is 0 Å². The molecule has 0 radical (unpaired) electrons. The second kappa shape index (κ2) is 54.5. The van der Waals surface area contributed by atoms with Crippen molar-refractivity contribution in [3.05, 3.63) is 0 Å². The first-order valence-corrected chi connectivity index (χ1v) is 35.7. The van der Waals surface area contributed by atoms with Gasteiger partial charge in [-0.3, -0.25) is 47.9 Å². The van der Waals surface area contributed by atoms with E-state index < -0.39 is 147 Å². The summed E-state index contributed by atoms with van der Waals surface area (Å²) in [7, 11) is 0. The van der Waals surface area contributed by atoms with Gasteiger partial charge in [-0.15, -0.1) is 0 Å². The molecule has 2 aliphatic rings. The van der Waals surface area contributed by atoms with E-state index in [2.05, 4.69) is 53.2 Å². The van der Waals surface area contributed by atoms with Crippen LogP contribution in [0.2, 0.25) is 0 Å². The highest BCUT2D eigenvalue weighted by Crippen LogP contribution is 2.25. The predicted octanol–water partition coefficient (Wildman–Crippen LogP) is -6.39. The molecule has 0 bridgehead atoms. The van der Waals surface area contributed by atoms with Crippen LogP contribution in [0, 0.1) is 5.92 Å². The summed E-state index contributed by atoms with van der Waals surface area (Å²) >= 11 is 0. The Morgan fingerprint density at radius 1 is 0.442 bits per heavy atom. The molecule has 19 N–H and O–H groups in total. The molecule has 2 rings (SSSR count). The maximum absolute atomic E-state index is 13.4. The van der Waals surface area contributed by atoms with Gasteiger partial charge in [0.15, 0.2) is 18.9 Å². The molecule has 0 aliphatic carbocycles. The maximum Gasteiger partial charge on any atom is 0.223 e. The summed E-state index contributed by atoms with van der Waals surface area (Å²) in [5.41, 5.74) is -1.39. The summed E-state index contributed by atoms with van der Waals surface area (Å²) in [6.07, 6.45) is -9.92. The van der Waals surface area contributed by atoms with E-state index in [1.54, 1.807) is 13.8 Å². The maximum atomic E-state index is 13.4. The second-order valence-corrected chi connectivity index (χ2v) is 25.8. The van der Waals surface area contributed by atoms with E-state index in [9.17, 15) is 93.9 Å². The molecule has 2 heterocycles. The fraction of sp³-hybridized carbons (Fsp3) is 0.848. The number of hydrogen-bond donors (Lipinski definition) is 19. The minimum atomic E-state index is -1.45. The lowest BCUT2D eigenvalue weighted by molar-refractivity contribution is -0.270. The number of unbranched alkanes of at least 4 members (excludes halogenated alkanes) is 3. The normalized spacial score (nSPS) is 22.0. The molecule has 2 aliphatic heterocycles. The van der Waals surface area contributed by atoms with E-state index in [1.807, 2.05) is 0 Å². The first-order valence-electron chi connectivity index (χ1n) is 35.7. The van der Waals surface area contributed by atoms with Crippen molar-refractivity contribution >= 4 is 59.1 Å². The molecule has 0 saturated carbocycles. The molecule has 12 unspecified atom stereocenters. The first-order chi connectivity index (χ1) is 49.6. The molecule has 0 aromatic carbocycles. The number of hydrogen-bond acceptors (Lipinski definition) is 28. The van der Waals surface area contributed by atoms with Crippen molar-refractivity contribution in [3.8, 4) is 0 Å². The van der Waals surface area contributed by atoms with Gasteiger partial charge in [-0.25, -0.2) is 0 Å². The van der Waals surface area contributed by atoms with Crippen molar-refractivity contribution in [2.45, 2.75) is 229 Å². The van der Waals surface area contributed by atoms with Gasteiger partial charge >= 0.3 is 0 Å². The van der Waals surface area contributed by atoms with Gasteiger partial charge in [0, 0.05) is 124 Å². The van der Waals surface area contributed by atoms with Crippen LogP contribution in [0.5, 0.6) is 0 Å². The molecule has 0 spiro atoms. The number of ether oxygens (including phenoxy) is 9. The van der Waals surface area contributed by atoms with Crippen LogP contribution < -0.4 is 53.2 Å². The highest BCUT2D eigenvalue weighted by molar-refractivity contribution is 5.80. The molecule has 2 saturated heterocycles. The molecular formula is C66H120N10O28. The summed E-state index contributed by atoms with van der Waals surface area (Å²) in [6.45, 7) is 6.81. The number of rotatable bonds is 58. The molecule has 0 aromatic rings. The highest BCUT2D eigenvalue weighted by Gasteiger charge is 2.47. The zero-order valence-electron chi connectivity index (χ0n) is 61.0. The Kier molecular flexibility index (Phi) is 49.3. The lowest BCUT2D eigenvalue weighted by atomic mass is 9.97. The van der Waals surface area contributed by atoms with E-state index in [0.29, 0.717) is 57.8 Å². The Hall–Kier alpha value is -6.02. The van der Waals surface area contributed by atoms with Crippen molar-refractivity contribution < 1.29 is 137 Å². The fourth-order valence-electron chi connectivity index (χ4n) is 10.3. The van der Waals surface area contributed by atoms with Gasteiger partial charge in [0.05, 0.1) is 72.2 Å². The topological polar surface area (TPSA) is 556 Å². The minimum absolute atomic E-state index is 0.0679. The molecule has 0 aromatic heterocycles. The van der Waals surface area contributed by atoms with E-state index >= 15 is 0 Å². The molecule has 10 amide bonds. The molecule has 104 heavy (non-hydrogen) atoms. The van der Waals surface area contributed by atoms with Crippen LogP contribution in [0.3, 0.4) is 0 Å². The monoisotopic (exact) mass is 1500 g/mol. The molecule has 38 heteroatoms. The van der Waals surface area contributed by atoms with Crippen LogP contribution in [-0.2, 0) is 90.6 Å². The summed E-state index contributed by atoms with van der Waals surface area (Å²) in [5.74, 6) is -4.20. The van der Waals surface area contributed by atoms with Gasteiger partial charge in [0.2, 0.25) is 59.1 Å². The van der Waals surface area contributed by atoms with Gasteiger partial charge in [-0.05, 0) is 64.7 Å². The highest BCUT2D eigenvalue weighted by atomic mass is 16.7. The Balaban J connectivity index is 1.89. The van der Waals surface area contributed by atoms with Crippen LogP contribution in [0.15, 0.2) is 0 Å². The Bertz CT molecular complexity index is 2400. The molecule has 14 atom stereocenters. The zero-order chi connectivity index (χ0) is 77.4. The molecular weight excluding hydrogens is 1380 g/mol. The number of carbonyl (C=O) groups excluding carboxylic acids is 10. The lowest BCUT2D eigenvalue weighted by Crippen LogP contribution is -2.64. The van der Waals surface area contributed by atoms with Crippen molar-refractivity contribution in [3.63, 3.8) is 0 Å². The van der Waals surface area contributed by atoms with Gasteiger partial charge in [-0.1, -0.05) is 13.8 Å².